The molecular weight excluding hydrogens is 504 g/mol. The highest BCUT2D eigenvalue weighted by atomic mass is 35.5. The Bertz CT molecular complexity index is 1420. The fraction of sp³-hybridized carbons (Fsp3) is 0.310. The summed E-state index contributed by atoms with van der Waals surface area (Å²) in [6.07, 6.45) is 2.23. The van der Waals surface area contributed by atoms with Gasteiger partial charge in [-0.2, -0.15) is 0 Å². The third kappa shape index (κ3) is 5.44. The molecule has 2 aliphatic heterocycles. The second-order valence-electron chi connectivity index (χ2n) is 10.2. The monoisotopic (exact) mass is 532 g/mol. The van der Waals surface area contributed by atoms with Crippen LogP contribution in [0.25, 0.3) is 10.2 Å². The van der Waals surface area contributed by atoms with E-state index in [-0.39, 0.29) is 11.4 Å². The maximum absolute atomic E-state index is 12.8. The van der Waals surface area contributed by atoms with Crippen molar-refractivity contribution in [3.63, 3.8) is 0 Å². The summed E-state index contributed by atoms with van der Waals surface area (Å²) in [4.78, 5) is 21.8. The van der Waals surface area contributed by atoms with Crippen LogP contribution in [-0.4, -0.2) is 47.0 Å². The molecule has 2 saturated heterocycles. The number of aromatic nitrogens is 1. The van der Waals surface area contributed by atoms with Crippen LogP contribution >= 0.6 is 22.9 Å². The first-order chi connectivity index (χ1) is 17.9. The van der Waals surface area contributed by atoms with Crippen molar-refractivity contribution < 1.29 is 9.53 Å². The van der Waals surface area contributed by atoms with Crippen molar-refractivity contribution in [2.45, 2.75) is 26.3 Å². The van der Waals surface area contributed by atoms with Gasteiger partial charge in [-0.05, 0) is 93.0 Å². The molecule has 2 fully saturated rings. The number of ether oxygens (including phenoxy) is 1. The fourth-order valence-electron chi connectivity index (χ4n) is 5.33. The molecule has 3 heterocycles. The minimum absolute atomic E-state index is 0.00820. The second-order valence-corrected chi connectivity index (χ2v) is 11.9. The molecule has 8 heteroatoms. The van der Waals surface area contributed by atoms with E-state index in [1.807, 2.05) is 66.4 Å². The lowest BCUT2D eigenvalue weighted by Gasteiger charge is -2.53. The smallest absolute Gasteiger partial charge is 0.321 e. The van der Waals surface area contributed by atoms with Crippen molar-refractivity contribution in [2.75, 3.05) is 31.5 Å². The number of carbonyl (C=O) groups excluding carboxylic acids is 1. The zero-order chi connectivity index (χ0) is 25.4. The average molecular weight is 533 g/mol. The molecule has 3 aromatic carbocycles. The quantitative estimate of drug-likeness (QED) is 0.296. The van der Waals surface area contributed by atoms with Gasteiger partial charge < -0.3 is 15.0 Å². The number of rotatable bonds is 5. The van der Waals surface area contributed by atoms with E-state index < -0.39 is 0 Å². The number of piperidine rings is 1. The second kappa shape index (κ2) is 9.97. The first-order valence-corrected chi connectivity index (χ1v) is 13.8. The number of nitrogens with zero attached hydrogens (tertiary/aromatic N) is 3. The number of thiazole rings is 1. The van der Waals surface area contributed by atoms with Crippen molar-refractivity contribution >= 4 is 44.9 Å². The molecule has 0 radical (unpaired) electrons. The molecule has 1 N–H and O–H groups in total. The minimum atomic E-state index is -0.00820. The van der Waals surface area contributed by atoms with E-state index in [9.17, 15) is 4.79 Å². The van der Waals surface area contributed by atoms with Crippen LogP contribution in [0.4, 0.5) is 10.5 Å². The molecule has 37 heavy (non-hydrogen) atoms. The van der Waals surface area contributed by atoms with E-state index >= 15 is 0 Å². The summed E-state index contributed by atoms with van der Waals surface area (Å²) in [6, 6.07) is 21.6. The molecule has 0 unspecified atom stereocenters. The number of halogens is 1. The number of fused-ring (bicyclic) bond motifs is 1. The Kier molecular flexibility index (Phi) is 6.53. The Morgan fingerprint density at radius 1 is 1.05 bits per heavy atom. The van der Waals surface area contributed by atoms with E-state index in [4.69, 9.17) is 16.3 Å². The lowest BCUT2D eigenvalue weighted by atomic mass is 9.72. The molecule has 4 aromatic rings. The number of urea groups is 1. The molecule has 1 spiro atoms. The van der Waals surface area contributed by atoms with Gasteiger partial charge in [0.15, 0.2) is 0 Å². The van der Waals surface area contributed by atoms with E-state index in [1.54, 1.807) is 11.3 Å². The van der Waals surface area contributed by atoms with Gasteiger partial charge in [-0.1, -0.05) is 23.7 Å². The molecule has 6 nitrogen and oxygen atoms in total. The summed E-state index contributed by atoms with van der Waals surface area (Å²) in [5.74, 6) is 1.61. The van der Waals surface area contributed by atoms with Crippen LogP contribution in [0.3, 0.4) is 0 Å². The van der Waals surface area contributed by atoms with Gasteiger partial charge in [0.25, 0.3) is 0 Å². The largest absolute Gasteiger partial charge is 0.457 e. The van der Waals surface area contributed by atoms with Gasteiger partial charge in [0, 0.05) is 35.8 Å². The predicted octanol–water partition coefficient (Wildman–Crippen LogP) is 7.18. The van der Waals surface area contributed by atoms with Gasteiger partial charge in [0.05, 0.1) is 15.2 Å². The summed E-state index contributed by atoms with van der Waals surface area (Å²) < 4.78 is 7.10. The highest BCUT2D eigenvalue weighted by Crippen LogP contribution is 2.41. The lowest BCUT2D eigenvalue weighted by Crippen LogP contribution is -2.62. The predicted molar refractivity (Wildman–Crippen MR) is 150 cm³/mol. The number of likely N-dealkylation sites (tertiary alicyclic amines) is 2. The van der Waals surface area contributed by atoms with Crippen molar-refractivity contribution in [3.05, 3.63) is 82.3 Å². The first kappa shape index (κ1) is 24.2. The molecular formula is C29H29ClN4O2S. The number of benzene rings is 3. The Morgan fingerprint density at radius 3 is 2.62 bits per heavy atom. The van der Waals surface area contributed by atoms with Crippen LogP contribution < -0.4 is 10.1 Å². The highest BCUT2D eigenvalue weighted by Gasteiger charge is 2.46. The van der Waals surface area contributed by atoms with Gasteiger partial charge in [-0.3, -0.25) is 4.90 Å². The van der Waals surface area contributed by atoms with Gasteiger partial charge in [-0.25, -0.2) is 9.78 Å². The molecule has 2 aliphatic rings. The summed E-state index contributed by atoms with van der Waals surface area (Å²) in [7, 11) is 0. The van der Waals surface area contributed by atoms with Crippen molar-refractivity contribution in [1.82, 2.24) is 14.8 Å². The standard InChI is InChI=1S/C29H29ClN4O2S/c1-20-31-26-10-7-23(16-27(26)37-20)32-28(35)34-18-29(19-34)11-13-33(14-12-29)17-21-3-2-4-25(15-21)36-24-8-5-22(30)6-9-24/h2-10,15-16H,11-14,17-19H2,1H3,(H,32,35). The van der Waals surface area contributed by atoms with Crippen LogP contribution in [0.1, 0.15) is 23.4 Å². The molecule has 0 bridgehead atoms. The first-order valence-electron chi connectivity index (χ1n) is 12.6. The summed E-state index contributed by atoms with van der Waals surface area (Å²) >= 11 is 7.62. The number of nitrogens with one attached hydrogen (secondary N) is 1. The Morgan fingerprint density at radius 2 is 1.84 bits per heavy atom. The zero-order valence-electron chi connectivity index (χ0n) is 20.7. The molecule has 6 rings (SSSR count). The fourth-order valence-corrected chi connectivity index (χ4v) is 6.33. The van der Waals surface area contributed by atoms with Crippen LogP contribution in [0.5, 0.6) is 11.5 Å². The third-order valence-corrected chi connectivity index (χ3v) is 8.54. The van der Waals surface area contributed by atoms with Crippen molar-refractivity contribution in [1.29, 1.82) is 0 Å². The molecule has 2 amide bonds. The average Bonchev–Trinajstić information content (AvgIpc) is 3.24. The van der Waals surface area contributed by atoms with Crippen molar-refractivity contribution in [2.24, 2.45) is 5.41 Å². The SMILES string of the molecule is Cc1nc2ccc(NC(=O)N3CC4(CCN(Cc5cccc(Oc6ccc(Cl)cc6)c5)CC4)C3)cc2s1. The number of aryl methyl sites for hydroxylation is 1. The van der Waals surface area contributed by atoms with Crippen LogP contribution in [-0.2, 0) is 6.54 Å². The Hall–Kier alpha value is -3.13. The normalized spacial score (nSPS) is 17.1. The number of hydrogen-bond donors (Lipinski definition) is 1. The Labute approximate surface area is 225 Å². The van der Waals surface area contributed by atoms with Crippen LogP contribution in [0, 0.1) is 12.3 Å². The highest BCUT2D eigenvalue weighted by molar-refractivity contribution is 7.18. The summed E-state index contributed by atoms with van der Waals surface area (Å²) in [5.41, 5.74) is 3.31. The molecule has 0 atom stereocenters. The number of carbonyl (C=O) groups is 1. The molecule has 0 aliphatic carbocycles. The Balaban J connectivity index is 0.986. The van der Waals surface area contributed by atoms with Crippen LogP contribution in [0.15, 0.2) is 66.7 Å². The van der Waals surface area contributed by atoms with Crippen molar-refractivity contribution in [3.8, 4) is 11.5 Å². The van der Waals surface area contributed by atoms with Gasteiger partial charge in [0.1, 0.15) is 11.5 Å². The zero-order valence-corrected chi connectivity index (χ0v) is 22.3. The lowest BCUT2D eigenvalue weighted by molar-refractivity contribution is -0.0200. The van der Waals surface area contributed by atoms with E-state index in [1.165, 1.54) is 5.56 Å². The number of hydrogen-bond acceptors (Lipinski definition) is 5. The van der Waals surface area contributed by atoms with E-state index in [2.05, 4.69) is 27.3 Å². The topological polar surface area (TPSA) is 57.7 Å². The summed E-state index contributed by atoms with van der Waals surface area (Å²) in [5, 5.41) is 4.80. The van der Waals surface area contributed by atoms with Gasteiger partial charge in [-0.15, -0.1) is 11.3 Å². The van der Waals surface area contributed by atoms with Crippen LogP contribution in [0.2, 0.25) is 5.02 Å². The molecule has 190 valence electrons. The molecule has 0 saturated carbocycles. The van der Waals surface area contributed by atoms with E-state index in [0.29, 0.717) is 5.02 Å². The minimum Gasteiger partial charge on any atom is -0.457 e. The maximum Gasteiger partial charge on any atom is 0.321 e. The van der Waals surface area contributed by atoms with Gasteiger partial charge in [0.2, 0.25) is 0 Å². The summed E-state index contributed by atoms with van der Waals surface area (Å²) in [6.45, 7) is 6.65. The third-order valence-electron chi connectivity index (χ3n) is 7.36. The molecule has 1 aromatic heterocycles. The number of amides is 2. The van der Waals surface area contributed by atoms with Gasteiger partial charge >= 0.3 is 6.03 Å². The van der Waals surface area contributed by atoms with E-state index in [0.717, 1.165) is 78.0 Å². The number of anilines is 1. The maximum atomic E-state index is 12.8.